The van der Waals surface area contributed by atoms with Crippen LogP contribution in [0, 0.1) is 0 Å². The van der Waals surface area contributed by atoms with Gasteiger partial charge in [0, 0.05) is 17.3 Å². The number of benzene rings is 1. The number of nitrogens with one attached hydrogen (secondary N) is 2. The van der Waals surface area contributed by atoms with Crippen molar-refractivity contribution >= 4 is 28.9 Å². The van der Waals surface area contributed by atoms with Crippen molar-refractivity contribution in [3.63, 3.8) is 0 Å². The molecule has 0 unspecified atom stereocenters. The Morgan fingerprint density at radius 1 is 1.14 bits per heavy atom. The van der Waals surface area contributed by atoms with Crippen molar-refractivity contribution in [3.05, 3.63) is 47.0 Å². The van der Waals surface area contributed by atoms with Gasteiger partial charge in [-0.2, -0.15) is 13.2 Å². The molecule has 0 aliphatic rings. The van der Waals surface area contributed by atoms with Crippen LogP contribution in [0.4, 0.5) is 30.5 Å². The lowest BCUT2D eigenvalue weighted by atomic mass is 10.2. The lowest BCUT2D eigenvalue weighted by Gasteiger charge is -2.12. The van der Waals surface area contributed by atoms with Gasteiger partial charge >= 0.3 is 6.18 Å². The van der Waals surface area contributed by atoms with E-state index in [0.717, 1.165) is 12.1 Å². The van der Waals surface area contributed by atoms with Gasteiger partial charge in [0.1, 0.15) is 11.6 Å². The van der Waals surface area contributed by atoms with Crippen molar-refractivity contribution in [2.75, 3.05) is 17.2 Å². The van der Waals surface area contributed by atoms with Crippen LogP contribution in [-0.4, -0.2) is 11.5 Å². The second-order valence-electron chi connectivity index (χ2n) is 4.29. The molecule has 3 nitrogen and oxygen atoms in total. The number of nitrogens with zero attached hydrogens (tertiary/aromatic N) is 1. The van der Waals surface area contributed by atoms with Gasteiger partial charge in [-0.3, -0.25) is 0 Å². The number of hydrogen-bond donors (Lipinski definition) is 2. The molecule has 0 saturated carbocycles. The van der Waals surface area contributed by atoms with Crippen molar-refractivity contribution in [1.82, 2.24) is 4.98 Å². The normalized spacial score (nSPS) is 11.3. The maximum absolute atomic E-state index is 12.7. The molecule has 0 spiro atoms. The van der Waals surface area contributed by atoms with Crippen LogP contribution in [0.3, 0.4) is 0 Å². The van der Waals surface area contributed by atoms with E-state index in [4.69, 9.17) is 11.6 Å². The van der Waals surface area contributed by atoms with Crippen LogP contribution in [-0.2, 0) is 6.18 Å². The fourth-order valence-corrected chi connectivity index (χ4v) is 1.99. The highest BCUT2D eigenvalue weighted by atomic mass is 35.5. The van der Waals surface area contributed by atoms with Gasteiger partial charge in [-0.15, -0.1) is 0 Å². The molecule has 0 radical (unpaired) electrons. The van der Waals surface area contributed by atoms with Gasteiger partial charge in [0.15, 0.2) is 0 Å². The van der Waals surface area contributed by atoms with Crippen molar-refractivity contribution in [2.45, 2.75) is 13.1 Å². The molecule has 112 valence electrons. The summed E-state index contributed by atoms with van der Waals surface area (Å²) in [6.45, 7) is 2.63. The first kappa shape index (κ1) is 15.4. The molecule has 21 heavy (non-hydrogen) atoms. The third-order valence-electron chi connectivity index (χ3n) is 2.60. The Labute approximate surface area is 125 Å². The fourth-order valence-electron chi connectivity index (χ4n) is 1.76. The lowest BCUT2D eigenvalue weighted by Crippen LogP contribution is -2.06. The second-order valence-corrected chi connectivity index (χ2v) is 4.73. The molecule has 1 heterocycles. The Morgan fingerprint density at radius 3 is 2.52 bits per heavy atom. The third-order valence-corrected chi connectivity index (χ3v) is 2.82. The summed E-state index contributed by atoms with van der Waals surface area (Å²) in [5.41, 5.74) is -0.573. The highest BCUT2D eigenvalue weighted by Gasteiger charge is 2.31. The molecule has 1 aromatic carbocycles. The Kier molecular flexibility index (Phi) is 4.57. The van der Waals surface area contributed by atoms with Crippen molar-refractivity contribution < 1.29 is 13.2 Å². The second kappa shape index (κ2) is 6.22. The van der Waals surface area contributed by atoms with Crippen LogP contribution in [0.2, 0.25) is 5.02 Å². The van der Waals surface area contributed by atoms with Gasteiger partial charge in [-0.1, -0.05) is 17.7 Å². The number of hydrogen-bond acceptors (Lipinski definition) is 3. The van der Waals surface area contributed by atoms with Gasteiger partial charge in [-0.25, -0.2) is 4.98 Å². The first-order valence-electron chi connectivity index (χ1n) is 6.24. The zero-order chi connectivity index (χ0) is 15.5. The number of halogens is 4. The summed E-state index contributed by atoms with van der Waals surface area (Å²) in [6, 6.07) is 8.48. The van der Waals surface area contributed by atoms with Crippen LogP contribution in [0.5, 0.6) is 0 Å². The highest BCUT2D eigenvalue weighted by Crippen LogP contribution is 2.33. The van der Waals surface area contributed by atoms with E-state index >= 15 is 0 Å². The summed E-state index contributed by atoms with van der Waals surface area (Å²) in [6.07, 6.45) is -4.44. The molecule has 0 saturated heterocycles. The predicted molar refractivity (Wildman–Crippen MR) is 78.1 cm³/mol. The van der Waals surface area contributed by atoms with E-state index in [-0.39, 0.29) is 10.7 Å². The van der Waals surface area contributed by atoms with E-state index < -0.39 is 11.7 Å². The minimum atomic E-state index is -4.44. The topological polar surface area (TPSA) is 37.0 Å². The van der Waals surface area contributed by atoms with Gasteiger partial charge in [0.2, 0.25) is 0 Å². The molecule has 0 aliphatic heterocycles. The largest absolute Gasteiger partial charge is 0.416 e. The number of rotatable bonds is 4. The fraction of sp³-hybridized carbons (Fsp3) is 0.214. The molecule has 0 bridgehead atoms. The zero-order valence-electron chi connectivity index (χ0n) is 11.1. The maximum atomic E-state index is 12.7. The molecular weight excluding hydrogens is 303 g/mol. The van der Waals surface area contributed by atoms with Crippen LogP contribution < -0.4 is 10.6 Å². The molecule has 0 atom stereocenters. The Balaban J connectivity index is 2.27. The van der Waals surface area contributed by atoms with E-state index in [0.29, 0.717) is 18.2 Å². The minimum Gasteiger partial charge on any atom is -0.370 e. The number of pyridine rings is 1. The SMILES string of the molecule is CCNc1cccc(Nc2cc(Cl)cc(C(F)(F)F)c2)n1. The average molecular weight is 316 g/mol. The van der Waals surface area contributed by atoms with Gasteiger partial charge in [-0.05, 0) is 37.3 Å². The summed E-state index contributed by atoms with van der Waals surface area (Å²) in [5.74, 6) is 1.07. The molecule has 2 aromatic rings. The molecule has 2 rings (SSSR count). The quantitative estimate of drug-likeness (QED) is 0.840. The van der Waals surface area contributed by atoms with Crippen molar-refractivity contribution in [1.29, 1.82) is 0 Å². The van der Waals surface area contributed by atoms with Crippen LogP contribution in [0.1, 0.15) is 12.5 Å². The van der Waals surface area contributed by atoms with Crippen LogP contribution in [0.15, 0.2) is 36.4 Å². The summed E-state index contributed by atoms with van der Waals surface area (Å²) in [4.78, 5) is 4.23. The van der Waals surface area contributed by atoms with Gasteiger partial charge < -0.3 is 10.6 Å². The summed E-state index contributed by atoms with van der Waals surface area (Å²) in [7, 11) is 0. The van der Waals surface area contributed by atoms with E-state index in [1.165, 1.54) is 6.07 Å². The van der Waals surface area contributed by atoms with Crippen LogP contribution in [0.25, 0.3) is 0 Å². The molecule has 0 amide bonds. The van der Waals surface area contributed by atoms with E-state index in [1.54, 1.807) is 18.2 Å². The van der Waals surface area contributed by atoms with Crippen molar-refractivity contribution in [2.24, 2.45) is 0 Å². The highest BCUT2D eigenvalue weighted by molar-refractivity contribution is 6.31. The summed E-state index contributed by atoms with van der Waals surface area (Å²) < 4.78 is 38.2. The Bertz CT molecular complexity index is 629. The number of alkyl halides is 3. The van der Waals surface area contributed by atoms with Gasteiger partial charge in [0.25, 0.3) is 0 Å². The molecule has 0 fully saturated rings. The van der Waals surface area contributed by atoms with E-state index in [1.807, 2.05) is 6.92 Å². The molecule has 2 N–H and O–H groups in total. The third kappa shape index (κ3) is 4.26. The zero-order valence-corrected chi connectivity index (χ0v) is 11.9. The molecule has 7 heteroatoms. The van der Waals surface area contributed by atoms with Crippen molar-refractivity contribution in [3.8, 4) is 0 Å². The van der Waals surface area contributed by atoms with Crippen LogP contribution >= 0.6 is 11.6 Å². The standard InChI is InChI=1S/C14H13ClF3N3/c1-2-19-12-4-3-5-13(21-12)20-11-7-9(14(16,17)18)6-10(15)8-11/h3-8H,2H2,1H3,(H2,19,20,21). The van der Waals surface area contributed by atoms with E-state index in [2.05, 4.69) is 15.6 Å². The first-order chi connectivity index (χ1) is 9.88. The maximum Gasteiger partial charge on any atom is 0.416 e. The minimum absolute atomic E-state index is 0.00941. The summed E-state index contributed by atoms with van der Waals surface area (Å²) >= 11 is 5.73. The smallest absolute Gasteiger partial charge is 0.370 e. The lowest BCUT2D eigenvalue weighted by molar-refractivity contribution is -0.137. The predicted octanol–water partition coefficient (Wildman–Crippen LogP) is 4.93. The summed E-state index contributed by atoms with van der Waals surface area (Å²) in [5, 5.41) is 5.85. The monoisotopic (exact) mass is 315 g/mol. The first-order valence-corrected chi connectivity index (χ1v) is 6.62. The Morgan fingerprint density at radius 2 is 1.86 bits per heavy atom. The number of aromatic nitrogens is 1. The average Bonchev–Trinajstić information content (AvgIpc) is 2.38. The molecule has 0 aliphatic carbocycles. The van der Waals surface area contributed by atoms with Gasteiger partial charge in [0.05, 0.1) is 5.56 Å². The number of anilines is 3. The molecular formula is C14H13ClF3N3. The van der Waals surface area contributed by atoms with E-state index in [9.17, 15) is 13.2 Å². The Hall–Kier alpha value is -1.95. The molecule has 1 aromatic heterocycles.